The normalized spacial score (nSPS) is 10.5. The molecular weight excluding hydrogens is 327 g/mol. The van der Waals surface area contributed by atoms with E-state index in [1.165, 1.54) is 17.8 Å². The number of carboxylic acid groups (broad SMARTS) is 1. The summed E-state index contributed by atoms with van der Waals surface area (Å²) in [5.41, 5.74) is 0.0604. The number of carboxylic acids is 1. The largest absolute Gasteiger partial charge is 0.478 e. The minimum absolute atomic E-state index is 0.0604. The average molecular weight is 334 g/mol. The standard InChI is InChI=1S/C13H7Cl3O2S/c14-7-4-5-8(15)11(6-7)19-10-3-1-2-9(16)12(10)13(17)18/h1-6H,(H,17,18). The maximum atomic E-state index is 11.2. The lowest BCUT2D eigenvalue weighted by atomic mass is 10.2. The van der Waals surface area contributed by atoms with Crippen LogP contribution in [0.3, 0.4) is 0 Å². The van der Waals surface area contributed by atoms with E-state index in [1.807, 2.05) is 0 Å². The van der Waals surface area contributed by atoms with Crippen LogP contribution in [0.1, 0.15) is 10.4 Å². The van der Waals surface area contributed by atoms with E-state index in [-0.39, 0.29) is 10.6 Å². The molecule has 0 unspecified atom stereocenters. The van der Waals surface area contributed by atoms with Crippen molar-refractivity contribution in [1.82, 2.24) is 0 Å². The van der Waals surface area contributed by atoms with Crippen LogP contribution in [0.5, 0.6) is 0 Å². The Kier molecular flexibility index (Phi) is 4.63. The molecule has 0 spiro atoms. The van der Waals surface area contributed by atoms with Crippen LogP contribution in [0.15, 0.2) is 46.2 Å². The summed E-state index contributed by atoms with van der Waals surface area (Å²) in [6.45, 7) is 0. The van der Waals surface area contributed by atoms with Gasteiger partial charge in [-0.15, -0.1) is 0 Å². The molecule has 1 N–H and O–H groups in total. The van der Waals surface area contributed by atoms with Gasteiger partial charge in [0.15, 0.2) is 0 Å². The summed E-state index contributed by atoms with van der Waals surface area (Å²) in [5.74, 6) is -1.08. The third-order valence-electron chi connectivity index (χ3n) is 2.30. The number of hydrogen-bond acceptors (Lipinski definition) is 2. The Hall–Kier alpha value is -0.870. The molecule has 2 aromatic rings. The molecule has 0 aromatic heterocycles. The minimum Gasteiger partial charge on any atom is -0.478 e. The van der Waals surface area contributed by atoms with Crippen molar-refractivity contribution >= 4 is 52.5 Å². The van der Waals surface area contributed by atoms with Crippen molar-refractivity contribution in [2.75, 3.05) is 0 Å². The van der Waals surface area contributed by atoms with Gasteiger partial charge in [0.25, 0.3) is 0 Å². The van der Waals surface area contributed by atoms with Crippen molar-refractivity contribution in [2.24, 2.45) is 0 Å². The number of carbonyl (C=O) groups is 1. The van der Waals surface area contributed by atoms with Crippen molar-refractivity contribution in [1.29, 1.82) is 0 Å². The van der Waals surface area contributed by atoms with Gasteiger partial charge in [-0.1, -0.05) is 52.6 Å². The van der Waals surface area contributed by atoms with E-state index in [0.717, 1.165) is 0 Å². The molecule has 0 heterocycles. The number of halogens is 3. The molecule has 2 nitrogen and oxygen atoms in total. The zero-order valence-electron chi connectivity index (χ0n) is 9.36. The molecule has 0 bridgehead atoms. The van der Waals surface area contributed by atoms with E-state index < -0.39 is 5.97 Å². The molecule has 0 amide bonds. The first-order chi connectivity index (χ1) is 8.99. The van der Waals surface area contributed by atoms with E-state index in [2.05, 4.69) is 0 Å². The molecule has 98 valence electrons. The van der Waals surface area contributed by atoms with E-state index in [9.17, 15) is 9.90 Å². The van der Waals surface area contributed by atoms with Gasteiger partial charge < -0.3 is 5.11 Å². The zero-order chi connectivity index (χ0) is 14.0. The van der Waals surface area contributed by atoms with Crippen LogP contribution >= 0.6 is 46.6 Å². The fourth-order valence-corrected chi connectivity index (χ4v) is 3.29. The fraction of sp³-hybridized carbons (Fsp3) is 0. The Morgan fingerprint density at radius 3 is 2.42 bits per heavy atom. The number of aromatic carboxylic acids is 1. The van der Waals surface area contributed by atoms with Gasteiger partial charge in [-0.3, -0.25) is 0 Å². The maximum absolute atomic E-state index is 11.2. The molecule has 0 aliphatic rings. The zero-order valence-corrected chi connectivity index (χ0v) is 12.4. The molecule has 0 fully saturated rings. The lowest BCUT2D eigenvalue weighted by Crippen LogP contribution is -1.99. The third-order valence-corrected chi connectivity index (χ3v) is 4.41. The van der Waals surface area contributed by atoms with Crippen LogP contribution in [-0.2, 0) is 0 Å². The molecule has 0 aliphatic carbocycles. The van der Waals surface area contributed by atoms with Gasteiger partial charge in [-0.2, -0.15) is 0 Å². The smallest absolute Gasteiger partial charge is 0.338 e. The summed E-state index contributed by atoms with van der Waals surface area (Å²) in [5, 5.41) is 10.4. The monoisotopic (exact) mass is 332 g/mol. The van der Waals surface area contributed by atoms with Crippen LogP contribution in [-0.4, -0.2) is 11.1 Å². The van der Waals surface area contributed by atoms with Gasteiger partial charge in [0, 0.05) is 14.8 Å². The van der Waals surface area contributed by atoms with Crippen molar-refractivity contribution in [2.45, 2.75) is 9.79 Å². The molecule has 0 atom stereocenters. The molecule has 0 saturated heterocycles. The predicted octanol–water partition coefficient (Wildman–Crippen LogP) is 5.50. The summed E-state index contributed by atoms with van der Waals surface area (Å²) >= 11 is 19.1. The highest BCUT2D eigenvalue weighted by Crippen LogP contribution is 2.38. The SMILES string of the molecule is O=C(O)c1c(Cl)cccc1Sc1cc(Cl)ccc1Cl. The third kappa shape index (κ3) is 3.37. The second-order valence-corrected chi connectivity index (χ2v) is 5.93. The van der Waals surface area contributed by atoms with Gasteiger partial charge >= 0.3 is 5.97 Å². The van der Waals surface area contributed by atoms with E-state index in [4.69, 9.17) is 34.8 Å². The summed E-state index contributed by atoms with van der Waals surface area (Å²) in [6.07, 6.45) is 0. The molecule has 2 rings (SSSR count). The molecule has 0 radical (unpaired) electrons. The highest BCUT2D eigenvalue weighted by atomic mass is 35.5. The molecule has 2 aromatic carbocycles. The lowest BCUT2D eigenvalue weighted by Gasteiger charge is -2.09. The second kappa shape index (κ2) is 6.06. The van der Waals surface area contributed by atoms with Crippen LogP contribution in [0.25, 0.3) is 0 Å². The lowest BCUT2D eigenvalue weighted by molar-refractivity contribution is 0.0693. The van der Waals surface area contributed by atoms with Gasteiger partial charge in [-0.05, 0) is 30.3 Å². The number of hydrogen-bond donors (Lipinski definition) is 1. The van der Waals surface area contributed by atoms with Crippen molar-refractivity contribution in [3.63, 3.8) is 0 Å². The van der Waals surface area contributed by atoms with Crippen molar-refractivity contribution < 1.29 is 9.90 Å². The quantitative estimate of drug-likeness (QED) is 0.806. The molecule has 0 aliphatic heterocycles. The Morgan fingerprint density at radius 1 is 1.00 bits per heavy atom. The number of benzene rings is 2. The van der Waals surface area contributed by atoms with E-state index in [0.29, 0.717) is 19.8 Å². The topological polar surface area (TPSA) is 37.3 Å². The predicted molar refractivity (Wildman–Crippen MR) is 79.0 cm³/mol. The first-order valence-corrected chi connectivity index (χ1v) is 7.09. The van der Waals surface area contributed by atoms with Crippen LogP contribution in [0.2, 0.25) is 15.1 Å². The van der Waals surface area contributed by atoms with Crippen LogP contribution < -0.4 is 0 Å². The molecule has 6 heteroatoms. The van der Waals surface area contributed by atoms with Crippen molar-refractivity contribution in [3.05, 3.63) is 57.0 Å². The minimum atomic E-state index is -1.08. The van der Waals surface area contributed by atoms with Gasteiger partial charge in [0.05, 0.1) is 15.6 Å². The summed E-state index contributed by atoms with van der Waals surface area (Å²) in [7, 11) is 0. The molecule has 19 heavy (non-hydrogen) atoms. The second-order valence-electron chi connectivity index (χ2n) is 3.59. The van der Waals surface area contributed by atoms with Gasteiger partial charge in [0.2, 0.25) is 0 Å². The van der Waals surface area contributed by atoms with Gasteiger partial charge in [-0.25, -0.2) is 4.79 Å². The fourth-order valence-electron chi connectivity index (χ4n) is 1.47. The highest BCUT2D eigenvalue weighted by Gasteiger charge is 2.16. The first kappa shape index (κ1) is 14.5. The molecule has 0 saturated carbocycles. The highest BCUT2D eigenvalue weighted by molar-refractivity contribution is 7.99. The summed E-state index contributed by atoms with van der Waals surface area (Å²) in [4.78, 5) is 12.4. The van der Waals surface area contributed by atoms with Crippen molar-refractivity contribution in [3.8, 4) is 0 Å². The van der Waals surface area contributed by atoms with Crippen LogP contribution in [0, 0.1) is 0 Å². The summed E-state index contributed by atoms with van der Waals surface area (Å²) < 4.78 is 0. The van der Waals surface area contributed by atoms with E-state index >= 15 is 0 Å². The average Bonchev–Trinajstić information content (AvgIpc) is 2.33. The number of rotatable bonds is 3. The Balaban J connectivity index is 2.46. The van der Waals surface area contributed by atoms with E-state index in [1.54, 1.807) is 30.3 Å². The maximum Gasteiger partial charge on any atom is 0.338 e. The Morgan fingerprint density at radius 2 is 1.74 bits per heavy atom. The Labute approximate surface area is 129 Å². The molecular formula is C13H7Cl3O2S. The Bertz CT molecular complexity index is 644. The van der Waals surface area contributed by atoms with Gasteiger partial charge in [0.1, 0.15) is 0 Å². The van der Waals surface area contributed by atoms with Crippen LogP contribution in [0.4, 0.5) is 0 Å². The summed E-state index contributed by atoms with van der Waals surface area (Å²) in [6, 6.07) is 9.92. The first-order valence-electron chi connectivity index (χ1n) is 5.13.